The smallest absolute Gasteiger partial charge is 0.261 e. The molecule has 3 rings (SSSR count). The number of unbranched alkanes of at least 4 members (excludes halogenated alkanes) is 2. The van der Waals surface area contributed by atoms with Crippen molar-refractivity contribution in [1.82, 2.24) is 0 Å². The van der Waals surface area contributed by atoms with Crippen molar-refractivity contribution in [1.29, 1.82) is 0 Å². The molecule has 0 saturated heterocycles. The largest absolute Gasteiger partial charge is 0.362 e. The van der Waals surface area contributed by atoms with Crippen molar-refractivity contribution < 1.29 is 4.42 Å². The van der Waals surface area contributed by atoms with E-state index in [1.165, 1.54) is 36.8 Å². The van der Waals surface area contributed by atoms with Crippen molar-refractivity contribution in [3.63, 3.8) is 0 Å². The summed E-state index contributed by atoms with van der Waals surface area (Å²) in [4.78, 5) is 4.51. The van der Waals surface area contributed by atoms with Crippen molar-refractivity contribution in [2.75, 3.05) is 0 Å². The van der Waals surface area contributed by atoms with Gasteiger partial charge in [-0.3, -0.25) is 4.99 Å². The summed E-state index contributed by atoms with van der Waals surface area (Å²) in [5.41, 5.74) is 5.83. The molecule has 0 spiro atoms. The molecule has 2 aromatic carbocycles. The Kier molecular flexibility index (Phi) is 7.75. The molecule has 0 aliphatic heterocycles. The van der Waals surface area contributed by atoms with Gasteiger partial charge >= 0.3 is 11.5 Å². The van der Waals surface area contributed by atoms with Crippen molar-refractivity contribution >= 4 is 11.9 Å². The highest BCUT2D eigenvalue weighted by atomic mass is 16.3. The summed E-state index contributed by atoms with van der Waals surface area (Å²) in [6.45, 7) is 6.39. The lowest BCUT2D eigenvalue weighted by atomic mass is 10.0. The summed E-state index contributed by atoms with van der Waals surface area (Å²) in [6, 6.07) is 21.5. The lowest BCUT2D eigenvalue weighted by Crippen LogP contribution is -1.87. The Morgan fingerprint density at radius 1 is 0.724 bits per heavy atom. The van der Waals surface area contributed by atoms with Gasteiger partial charge in [0.1, 0.15) is 0 Å². The molecule has 1 heterocycles. The van der Waals surface area contributed by atoms with Gasteiger partial charge in [-0.15, -0.1) is 0 Å². The van der Waals surface area contributed by atoms with E-state index < -0.39 is 0 Å². The highest BCUT2D eigenvalue weighted by molar-refractivity contribution is 5.71. The van der Waals surface area contributed by atoms with Crippen LogP contribution >= 0.6 is 0 Å². The number of benzene rings is 2. The van der Waals surface area contributed by atoms with Crippen LogP contribution in [0, 0.1) is 0 Å². The summed E-state index contributed by atoms with van der Waals surface area (Å²) in [5, 5.41) is 0. The first-order chi connectivity index (χ1) is 14.2. The van der Waals surface area contributed by atoms with Gasteiger partial charge in [0, 0.05) is 6.21 Å². The van der Waals surface area contributed by atoms with Crippen LogP contribution in [0.1, 0.15) is 57.6 Å². The molecule has 0 N–H and O–H groups in total. The fourth-order valence-corrected chi connectivity index (χ4v) is 3.43. The Hall–Kier alpha value is -2.74. The minimum absolute atomic E-state index is 0.847. The Morgan fingerprint density at radius 3 is 1.55 bits per heavy atom. The highest BCUT2D eigenvalue weighted by Crippen LogP contribution is 2.32. The fraction of sp³-hybridized carbons (Fsp3) is 0.333. The Morgan fingerprint density at radius 2 is 1.17 bits per heavy atom. The molecular formula is C27H32NO+. The second-order valence-corrected chi connectivity index (χ2v) is 7.53. The lowest BCUT2D eigenvalue weighted by molar-refractivity contribution is 0.582. The van der Waals surface area contributed by atoms with Crippen LogP contribution in [0.3, 0.4) is 0 Å². The third kappa shape index (κ3) is 5.87. The summed E-state index contributed by atoms with van der Waals surface area (Å²) < 4.78 is 6.30. The van der Waals surface area contributed by atoms with E-state index >= 15 is 0 Å². The Labute approximate surface area is 175 Å². The molecule has 1 aromatic heterocycles. The molecule has 2 nitrogen and oxygen atoms in total. The van der Waals surface area contributed by atoms with Gasteiger partial charge in [-0.1, -0.05) is 51.0 Å². The number of nitrogens with zero attached hydrogens (tertiary/aromatic N) is 1. The number of aryl methyl sites for hydroxylation is 2. The van der Waals surface area contributed by atoms with Crippen molar-refractivity contribution in [2.24, 2.45) is 4.99 Å². The first-order valence-electron chi connectivity index (χ1n) is 10.9. The SMILES string of the molecule is CC=Nc1cc(-c2ccc(CCCC)cc2)[o+]c(-c2ccc(CCCC)cc2)c1. The predicted molar refractivity (Wildman–Crippen MR) is 125 cm³/mol. The first kappa shape index (κ1) is 21.0. The molecule has 0 aliphatic carbocycles. The molecule has 0 aliphatic rings. The third-order valence-electron chi connectivity index (χ3n) is 5.17. The molecule has 2 heteroatoms. The Balaban J connectivity index is 1.91. The van der Waals surface area contributed by atoms with Crippen LogP contribution in [0.25, 0.3) is 22.6 Å². The standard InChI is InChI=1S/C27H32NO/c1-4-7-9-21-11-15-23(16-12-21)26-19-25(28-6-3)20-27(29-26)24-17-13-22(14-18-24)10-8-5-2/h6,11-20H,4-5,7-10H2,1-3H3/q+1. The molecule has 150 valence electrons. The van der Waals surface area contributed by atoms with Crippen molar-refractivity contribution in [3.05, 3.63) is 71.8 Å². The zero-order chi connectivity index (χ0) is 20.5. The molecule has 29 heavy (non-hydrogen) atoms. The zero-order valence-corrected chi connectivity index (χ0v) is 17.9. The molecule has 3 aromatic rings. The summed E-state index contributed by atoms with van der Waals surface area (Å²) in [5.74, 6) is 1.69. The van der Waals surface area contributed by atoms with Crippen LogP contribution in [-0.4, -0.2) is 6.21 Å². The van der Waals surface area contributed by atoms with Gasteiger partial charge in [0.05, 0.1) is 28.9 Å². The van der Waals surface area contributed by atoms with E-state index in [-0.39, 0.29) is 0 Å². The van der Waals surface area contributed by atoms with Gasteiger partial charge in [-0.25, -0.2) is 4.42 Å². The fourth-order valence-electron chi connectivity index (χ4n) is 3.43. The maximum absolute atomic E-state index is 6.30. The van der Waals surface area contributed by atoms with Gasteiger partial charge < -0.3 is 0 Å². The lowest BCUT2D eigenvalue weighted by Gasteiger charge is -2.02. The van der Waals surface area contributed by atoms with Crippen LogP contribution in [0.2, 0.25) is 0 Å². The van der Waals surface area contributed by atoms with Gasteiger partial charge in [-0.05, 0) is 68.0 Å². The van der Waals surface area contributed by atoms with Gasteiger partial charge in [0.15, 0.2) is 0 Å². The molecule has 0 atom stereocenters. The topological polar surface area (TPSA) is 23.7 Å². The van der Waals surface area contributed by atoms with E-state index in [9.17, 15) is 0 Å². The second-order valence-electron chi connectivity index (χ2n) is 7.53. The minimum atomic E-state index is 0.847. The van der Waals surface area contributed by atoms with Gasteiger partial charge in [0.25, 0.3) is 0 Å². The average molecular weight is 387 g/mol. The number of rotatable bonds is 9. The van der Waals surface area contributed by atoms with E-state index in [4.69, 9.17) is 4.42 Å². The van der Waals surface area contributed by atoms with E-state index in [1.807, 2.05) is 25.3 Å². The molecule has 0 unspecified atom stereocenters. The van der Waals surface area contributed by atoms with Crippen LogP contribution in [-0.2, 0) is 12.8 Å². The highest BCUT2D eigenvalue weighted by Gasteiger charge is 2.19. The molecule has 0 radical (unpaired) electrons. The van der Waals surface area contributed by atoms with Crippen LogP contribution in [0.5, 0.6) is 0 Å². The maximum atomic E-state index is 6.30. The minimum Gasteiger partial charge on any atom is -0.261 e. The Bertz CT molecular complexity index is 854. The second kappa shape index (κ2) is 10.7. The van der Waals surface area contributed by atoms with Crippen LogP contribution in [0.15, 0.2) is 70.1 Å². The van der Waals surface area contributed by atoms with Gasteiger partial charge in [0.2, 0.25) is 0 Å². The summed E-state index contributed by atoms with van der Waals surface area (Å²) >= 11 is 0. The monoisotopic (exact) mass is 386 g/mol. The van der Waals surface area contributed by atoms with E-state index in [0.29, 0.717) is 0 Å². The summed E-state index contributed by atoms with van der Waals surface area (Å²) in [6.07, 6.45) is 8.97. The third-order valence-corrected chi connectivity index (χ3v) is 5.17. The maximum Gasteiger partial charge on any atom is 0.362 e. The first-order valence-corrected chi connectivity index (χ1v) is 10.9. The number of hydrogen-bond donors (Lipinski definition) is 0. The molecule has 0 saturated carbocycles. The predicted octanol–water partition coefficient (Wildman–Crippen LogP) is 8.30. The van der Waals surface area contributed by atoms with Crippen molar-refractivity contribution in [2.45, 2.75) is 59.3 Å². The number of aliphatic imine (C=N–C) groups is 1. The number of hydrogen-bond acceptors (Lipinski definition) is 1. The normalized spacial score (nSPS) is 11.3. The molecular weight excluding hydrogens is 354 g/mol. The average Bonchev–Trinajstić information content (AvgIpc) is 2.77. The molecule has 0 amide bonds. The van der Waals surface area contributed by atoms with Crippen LogP contribution < -0.4 is 0 Å². The molecule has 0 bridgehead atoms. The van der Waals surface area contributed by atoms with Crippen molar-refractivity contribution in [3.8, 4) is 22.6 Å². The quantitative estimate of drug-likeness (QED) is 0.268. The van der Waals surface area contributed by atoms with Crippen LogP contribution in [0.4, 0.5) is 5.69 Å². The zero-order valence-electron chi connectivity index (χ0n) is 17.9. The molecule has 0 fully saturated rings. The van der Waals surface area contributed by atoms with E-state index in [0.717, 1.165) is 41.2 Å². The van der Waals surface area contributed by atoms with E-state index in [2.05, 4.69) is 67.4 Å². The van der Waals surface area contributed by atoms with Gasteiger partial charge in [-0.2, -0.15) is 0 Å². The summed E-state index contributed by atoms with van der Waals surface area (Å²) in [7, 11) is 0. The van der Waals surface area contributed by atoms with E-state index in [1.54, 1.807) is 0 Å².